The van der Waals surface area contributed by atoms with E-state index in [1.807, 2.05) is 0 Å². The highest BCUT2D eigenvalue weighted by Crippen LogP contribution is 2.24. The maximum atomic E-state index is 5.79. The average Bonchev–Trinajstić information content (AvgIpc) is 3.43. The number of hydrogen-bond acceptors (Lipinski definition) is 3. The molecule has 2 fully saturated rings. The van der Waals surface area contributed by atoms with E-state index in [9.17, 15) is 0 Å². The molecule has 2 aliphatic rings. The Morgan fingerprint density at radius 1 is 1.21 bits per heavy atom. The largest absolute Gasteiger partial charge is 0.376 e. The number of aryl methyl sites for hydroxylation is 2. The lowest BCUT2D eigenvalue weighted by Crippen LogP contribution is -2.47. The molecule has 1 aromatic heterocycles. The number of hydrogen-bond donors (Lipinski definition) is 2. The van der Waals surface area contributed by atoms with E-state index in [0.29, 0.717) is 12.1 Å². The number of H-pyrrole nitrogens is 1. The van der Waals surface area contributed by atoms with E-state index in [1.54, 1.807) is 0 Å². The van der Waals surface area contributed by atoms with Crippen molar-refractivity contribution in [3.63, 3.8) is 0 Å². The van der Waals surface area contributed by atoms with Crippen LogP contribution in [0.25, 0.3) is 11.0 Å². The maximum absolute atomic E-state index is 5.79. The number of nitrogens with one attached hydrogen (secondary N) is 2. The van der Waals surface area contributed by atoms with Crippen LogP contribution >= 0.6 is 12.2 Å². The van der Waals surface area contributed by atoms with Gasteiger partial charge in [0.25, 0.3) is 0 Å². The van der Waals surface area contributed by atoms with Crippen LogP contribution in [0.2, 0.25) is 0 Å². The summed E-state index contributed by atoms with van der Waals surface area (Å²) in [6.07, 6.45) is 8.57. The molecule has 4 rings (SSSR count). The third kappa shape index (κ3) is 4.49. The van der Waals surface area contributed by atoms with Gasteiger partial charge in [-0.1, -0.05) is 12.8 Å². The smallest absolute Gasteiger partial charge is 0.169 e. The topological polar surface area (TPSA) is 53.2 Å². The van der Waals surface area contributed by atoms with Crippen molar-refractivity contribution in [2.24, 2.45) is 0 Å². The first-order chi connectivity index (χ1) is 13.6. The van der Waals surface area contributed by atoms with Crippen molar-refractivity contribution in [3.8, 4) is 0 Å². The summed E-state index contributed by atoms with van der Waals surface area (Å²) in [5.74, 6) is 1.05. The van der Waals surface area contributed by atoms with Crippen molar-refractivity contribution in [2.45, 2.75) is 70.9 Å². The maximum Gasteiger partial charge on any atom is 0.169 e. The number of fused-ring (bicyclic) bond motifs is 1. The van der Waals surface area contributed by atoms with Crippen LogP contribution in [0, 0.1) is 13.8 Å². The molecular weight excluding hydrogens is 368 g/mol. The number of imidazole rings is 1. The monoisotopic (exact) mass is 400 g/mol. The highest BCUT2D eigenvalue weighted by atomic mass is 32.1. The first-order valence-corrected chi connectivity index (χ1v) is 11.1. The zero-order valence-electron chi connectivity index (χ0n) is 17.1. The molecule has 1 saturated carbocycles. The van der Waals surface area contributed by atoms with Gasteiger partial charge in [0.1, 0.15) is 5.82 Å². The van der Waals surface area contributed by atoms with E-state index < -0.39 is 0 Å². The van der Waals surface area contributed by atoms with Crippen LogP contribution < -0.4 is 5.32 Å². The van der Waals surface area contributed by atoms with Crippen LogP contribution in [0.15, 0.2) is 12.1 Å². The molecule has 6 heteroatoms. The number of nitrogens with zero attached hydrogens (tertiary/aromatic N) is 2. The highest BCUT2D eigenvalue weighted by molar-refractivity contribution is 7.80. The van der Waals surface area contributed by atoms with Crippen molar-refractivity contribution in [1.29, 1.82) is 0 Å². The van der Waals surface area contributed by atoms with Gasteiger partial charge in [-0.25, -0.2) is 4.98 Å². The van der Waals surface area contributed by atoms with Gasteiger partial charge in [-0.05, 0) is 75.0 Å². The summed E-state index contributed by atoms with van der Waals surface area (Å²) in [6, 6.07) is 4.93. The molecule has 0 spiro atoms. The Morgan fingerprint density at radius 2 is 2.00 bits per heavy atom. The summed E-state index contributed by atoms with van der Waals surface area (Å²) in [7, 11) is 0. The van der Waals surface area contributed by atoms with E-state index in [1.165, 1.54) is 36.8 Å². The Labute approximate surface area is 173 Å². The Kier molecular flexibility index (Phi) is 6.16. The molecule has 0 amide bonds. The highest BCUT2D eigenvalue weighted by Gasteiger charge is 2.25. The van der Waals surface area contributed by atoms with Crippen LogP contribution in [0.4, 0.5) is 0 Å². The summed E-state index contributed by atoms with van der Waals surface area (Å²) in [5, 5.41) is 4.36. The van der Waals surface area contributed by atoms with Crippen LogP contribution in [0.5, 0.6) is 0 Å². The quantitative estimate of drug-likeness (QED) is 0.717. The van der Waals surface area contributed by atoms with Crippen LogP contribution in [-0.2, 0) is 11.2 Å². The molecule has 0 bridgehead atoms. The lowest BCUT2D eigenvalue weighted by Gasteiger charge is -2.32. The molecule has 1 aliphatic heterocycles. The predicted molar refractivity (Wildman–Crippen MR) is 118 cm³/mol. The molecule has 2 N–H and O–H groups in total. The van der Waals surface area contributed by atoms with Gasteiger partial charge in [-0.3, -0.25) is 0 Å². The molecular formula is C22H32N4OS. The van der Waals surface area contributed by atoms with Crippen molar-refractivity contribution < 1.29 is 4.74 Å². The zero-order valence-corrected chi connectivity index (χ0v) is 17.9. The van der Waals surface area contributed by atoms with Gasteiger partial charge in [0.2, 0.25) is 0 Å². The van der Waals surface area contributed by atoms with Crippen molar-refractivity contribution in [2.75, 3.05) is 19.7 Å². The van der Waals surface area contributed by atoms with Gasteiger partial charge in [0.05, 0.1) is 17.1 Å². The molecule has 1 atom stereocenters. The average molecular weight is 401 g/mol. The lowest BCUT2D eigenvalue weighted by atomic mass is 10.1. The Balaban J connectivity index is 1.41. The standard InChI is InChI=1S/C22H32N4OS/c1-15-12-19-20(13-16(15)2)25-21(24-19)9-10-26(17-6-3-4-7-17)22(28)23-14-18-8-5-11-27-18/h12-13,17-18H,3-11,14H2,1-2H3,(H,23,28)(H,24,25)/t18-/m1/s1. The molecule has 0 radical (unpaired) electrons. The molecule has 152 valence electrons. The van der Waals surface area contributed by atoms with Crippen LogP contribution in [-0.4, -0.2) is 51.8 Å². The van der Waals surface area contributed by atoms with E-state index in [2.05, 4.69) is 41.2 Å². The van der Waals surface area contributed by atoms with Crippen LogP contribution in [0.3, 0.4) is 0 Å². The SMILES string of the molecule is Cc1cc2nc(CCN(C(=S)NC[C@H]3CCCO3)C3CCCC3)[nH]c2cc1C. The minimum atomic E-state index is 0.310. The molecule has 0 unspecified atom stereocenters. The van der Waals surface area contributed by atoms with Gasteiger partial charge in [0, 0.05) is 32.2 Å². The van der Waals surface area contributed by atoms with Crippen molar-refractivity contribution in [3.05, 3.63) is 29.1 Å². The minimum Gasteiger partial charge on any atom is -0.376 e. The molecule has 1 aromatic carbocycles. The zero-order chi connectivity index (χ0) is 19.5. The number of rotatable bonds is 6. The summed E-state index contributed by atoms with van der Waals surface area (Å²) >= 11 is 5.79. The van der Waals surface area contributed by atoms with Gasteiger partial charge in [0.15, 0.2) is 5.11 Å². The van der Waals surface area contributed by atoms with Crippen molar-refractivity contribution >= 4 is 28.4 Å². The number of benzene rings is 1. The number of ether oxygens (including phenoxy) is 1. The van der Waals surface area contributed by atoms with E-state index in [4.69, 9.17) is 21.9 Å². The molecule has 2 heterocycles. The van der Waals surface area contributed by atoms with Gasteiger partial charge < -0.3 is 19.9 Å². The van der Waals surface area contributed by atoms with E-state index in [0.717, 1.165) is 60.9 Å². The van der Waals surface area contributed by atoms with Gasteiger partial charge >= 0.3 is 0 Å². The fourth-order valence-electron chi connectivity index (χ4n) is 4.44. The fraction of sp³-hybridized carbons (Fsp3) is 0.636. The first kappa shape index (κ1) is 19.6. The second-order valence-electron chi connectivity index (χ2n) is 8.34. The molecule has 5 nitrogen and oxygen atoms in total. The van der Waals surface area contributed by atoms with E-state index in [-0.39, 0.29) is 0 Å². The second kappa shape index (κ2) is 8.78. The minimum absolute atomic E-state index is 0.310. The van der Waals surface area contributed by atoms with Gasteiger partial charge in [-0.15, -0.1) is 0 Å². The Hall–Kier alpha value is -1.66. The number of aromatic nitrogens is 2. The molecule has 1 aliphatic carbocycles. The molecule has 1 saturated heterocycles. The predicted octanol–water partition coefficient (Wildman–Crippen LogP) is 4.02. The van der Waals surface area contributed by atoms with Gasteiger partial charge in [-0.2, -0.15) is 0 Å². The number of aromatic amines is 1. The molecule has 2 aromatic rings. The fourth-order valence-corrected chi connectivity index (χ4v) is 4.76. The summed E-state index contributed by atoms with van der Waals surface area (Å²) < 4.78 is 5.74. The third-order valence-corrected chi connectivity index (χ3v) is 6.65. The first-order valence-electron chi connectivity index (χ1n) is 10.7. The third-order valence-electron chi connectivity index (χ3n) is 6.27. The Morgan fingerprint density at radius 3 is 2.75 bits per heavy atom. The molecule has 28 heavy (non-hydrogen) atoms. The van der Waals surface area contributed by atoms with Crippen molar-refractivity contribution in [1.82, 2.24) is 20.2 Å². The summed E-state index contributed by atoms with van der Waals surface area (Å²) in [5.41, 5.74) is 4.78. The summed E-state index contributed by atoms with van der Waals surface area (Å²) in [6.45, 7) is 6.90. The summed E-state index contributed by atoms with van der Waals surface area (Å²) in [4.78, 5) is 10.7. The van der Waals surface area contributed by atoms with E-state index >= 15 is 0 Å². The lowest BCUT2D eigenvalue weighted by molar-refractivity contribution is 0.113. The normalized spacial score (nSPS) is 20.1. The second-order valence-corrected chi connectivity index (χ2v) is 8.73. The van der Waals surface area contributed by atoms with Crippen LogP contribution in [0.1, 0.15) is 55.5 Å². The number of thiocarbonyl (C=S) groups is 1. The Bertz CT molecular complexity index is 782.